The molecule has 2 aromatic heterocycles. The van der Waals surface area contributed by atoms with E-state index in [2.05, 4.69) is 20.6 Å². The fourth-order valence-corrected chi connectivity index (χ4v) is 3.98. The smallest absolute Gasteiger partial charge is 0.249 e. The van der Waals surface area contributed by atoms with Crippen molar-refractivity contribution in [1.82, 2.24) is 25.3 Å². The number of carbonyl (C=O) groups excluding carboxylic acids is 2. The van der Waals surface area contributed by atoms with Gasteiger partial charge in [-0.15, -0.1) is 5.10 Å². The molecule has 0 spiro atoms. The Bertz CT molecular complexity index is 1320. The first-order valence-corrected chi connectivity index (χ1v) is 11.3. The van der Waals surface area contributed by atoms with E-state index in [1.165, 1.54) is 4.90 Å². The van der Waals surface area contributed by atoms with Crippen LogP contribution in [0.3, 0.4) is 0 Å². The minimum atomic E-state index is -0.941. The number of fused-ring (bicyclic) bond motifs is 1. The summed E-state index contributed by atoms with van der Waals surface area (Å²) in [7, 11) is 1.57. The van der Waals surface area contributed by atoms with Crippen LogP contribution in [0.2, 0.25) is 0 Å². The Hall–Kier alpha value is -4.11. The quantitative estimate of drug-likeness (QED) is 0.376. The number of pyridine rings is 1. The van der Waals surface area contributed by atoms with Crippen LogP contribution in [-0.2, 0) is 20.9 Å². The summed E-state index contributed by atoms with van der Waals surface area (Å²) >= 11 is 0. The Labute approximate surface area is 203 Å². The van der Waals surface area contributed by atoms with Gasteiger partial charge in [-0.05, 0) is 49.2 Å². The standard InChI is InChI=1S/C26H28N6O3/c1-18-8-6-12-22(19(18)2)32(24(33)17-31-23-11-5-4-10-21(23)29-30-31)25(20-9-7-13-27-16-20)26(34)28-14-15-35-3/h4-13,16,25H,14-15,17H2,1-3H3,(H,28,34)/t25-/m0/s1. The summed E-state index contributed by atoms with van der Waals surface area (Å²) in [5.74, 6) is -0.627. The summed E-state index contributed by atoms with van der Waals surface area (Å²) in [6.07, 6.45) is 3.24. The van der Waals surface area contributed by atoms with Gasteiger partial charge in [0.15, 0.2) is 0 Å². The van der Waals surface area contributed by atoms with Crippen LogP contribution in [0.25, 0.3) is 11.0 Å². The number of methoxy groups -OCH3 is 1. The highest BCUT2D eigenvalue weighted by Gasteiger charge is 2.34. The Morgan fingerprint density at radius 3 is 2.69 bits per heavy atom. The van der Waals surface area contributed by atoms with Gasteiger partial charge in [0.1, 0.15) is 18.1 Å². The van der Waals surface area contributed by atoms with Crippen molar-refractivity contribution < 1.29 is 14.3 Å². The number of ether oxygens (including phenoxy) is 1. The molecule has 0 aliphatic carbocycles. The molecule has 1 N–H and O–H groups in total. The number of hydrogen-bond donors (Lipinski definition) is 1. The zero-order valence-corrected chi connectivity index (χ0v) is 20.0. The SMILES string of the molecule is COCCNC(=O)[C@H](c1cccnc1)N(C(=O)Cn1nnc2ccccc21)c1cccc(C)c1C. The number of carbonyl (C=O) groups is 2. The third kappa shape index (κ3) is 5.20. The predicted molar refractivity (Wildman–Crippen MR) is 133 cm³/mol. The summed E-state index contributed by atoms with van der Waals surface area (Å²) in [6, 6.07) is 15.8. The molecule has 9 heteroatoms. The topological polar surface area (TPSA) is 102 Å². The lowest BCUT2D eigenvalue weighted by Gasteiger charge is -2.32. The molecule has 0 unspecified atom stereocenters. The van der Waals surface area contributed by atoms with Gasteiger partial charge < -0.3 is 10.1 Å². The molecule has 2 aromatic carbocycles. The van der Waals surface area contributed by atoms with Gasteiger partial charge in [0.25, 0.3) is 0 Å². The third-order valence-electron chi connectivity index (χ3n) is 5.92. The van der Waals surface area contributed by atoms with Crippen molar-refractivity contribution in [3.05, 3.63) is 83.7 Å². The highest BCUT2D eigenvalue weighted by molar-refractivity contribution is 6.02. The van der Waals surface area contributed by atoms with Crippen molar-refractivity contribution >= 4 is 28.5 Å². The van der Waals surface area contributed by atoms with Crippen molar-refractivity contribution in [1.29, 1.82) is 0 Å². The Morgan fingerprint density at radius 1 is 1.09 bits per heavy atom. The zero-order valence-electron chi connectivity index (χ0n) is 20.0. The monoisotopic (exact) mass is 472 g/mol. The van der Waals surface area contributed by atoms with E-state index in [1.54, 1.807) is 36.3 Å². The van der Waals surface area contributed by atoms with Gasteiger partial charge >= 0.3 is 0 Å². The highest BCUT2D eigenvalue weighted by atomic mass is 16.5. The first-order chi connectivity index (χ1) is 17.0. The number of aromatic nitrogens is 4. The number of nitrogens with one attached hydrogen (secondary N) is 1. The van der Waals surface area contributed by atoms with E-state index in [9.17, 15) is 9.59 Å². The van der Waals surface area contributed by atoms with E-state index in [1.807, 2.05) is 56.3 Å². The molecular weight excluding hydrogens is 444 g/mol. The van der Waals surface area contributed by atoms with E-state index in [0.717, 1.165) is 16.6 Å². The van der Waals surface area contributed by atoms with Crippen LogP contribution in [0.5, 0.6) is 0 Å². The third-order valence-corrected chi connectivity index (χ3v) is 5.92. The normalized spacial score (nSPS) is 11.9. The van der Waals surface area contributed by atoms with E-state index >= 15 is 0 Å². The average molecular weight is 473 g/mol. The lowest BCUT2D eigenvalue weighted by molar-refractivity contribution is -0.127. The lowest BCUT2D eigenvalue weighted by atomic mass is 10.0. The number of benzene rings is 2. The second-order valence-electron chi connectivity index (χ2n) is 8.19. The first kappa shape index (κ1) is 24.0. The summed E-state index contributed by atoms with van der Waals surface area (Å²) in [5, 5.41) is 11.2. The molecule has 0 fully saturated rings. The van der Waals surface area contributed by atoms with Crippen LogP contribution in [0, 0.1) is 13.8 Å². The molecule has 35 heavy (non-hydrogen) atoms. The van der Waals surface area contributed by atoms with Gasteiger partial charge in [-0.1, -0.05) is 35.5 Å². The first-order valence-electron chi connectivity index (χ1n) is 11.3. The second-order valence-corrected chi connectivity index (χ2v) is 8.19. The molecule has 0 saturated heterocycles. The molecule has 0 radical (unpaired) electrons. The highest BCUT2D eigenvalue weighted by Crippen LogP contribution is 2.32. The summed E-state index contributed by atoms with van der Waals surface area (Å²) in [6.45, 7) is 4.50. The molecule has 4 aromatic rings. The van der Waals surface area contributed by atoms with E-state index < -0.39 is 6.04 Å². The minimum Gasteiger partial charge on any atom is -0.383 e. The number of para-hydroxylation sites is 1. The fraction of sp³-hybridized carbons (Fsp3) is 0.269. The zero-order chi connectivity index (χ0) is 24.8. The Morgan fingerprint density at radius 2 is 1.91 bits per heavy atom. The number of hydrogen-bond acceptors (Lipinski definition) is 6. The molecule has 4 rings (SSSR count). The van der Waals surface area contributed by atoms with Crippen LogP contribution >= 0.6 is 0 Å². The number of anilines is 1. The van der Waals surface area contributed by atoms with Gasteiger partial charge in [0.2, 0.25) is 11.8 Å². The van der Waals surface area contributed by atoms with Crippen LogP contribution in [-0.4, -0.2) is 52.1 Å². The number of aryl methyl sites for hydroxylation is 1. The maximum Gasteiger partial charge on any atom is 0.249 e. The molecule has 9 nitrogen and oxygen atoms in total. The molecule has 0 saturated carbocycles. The maximum atomic E-state index is 14.0. The van der Waals surface area contributed by atoms with E-state index in [4.69, 9.17) is 4.74 Å². The van der Waals surface area contributed by atoms with Crippen molar-refractivity contribution in [2.45, 2.75) is 26.4 Å². The second kappa shape index (κ2) is 10.9. The molecule has 2 heterocycles. The van der Waals surface area contributed by atoms with Crippen LogP contribution in [0.1, 0.15) is 22.7 Å². The lowest BCUT2D eigenvalue weighted by Crippen LogP contribution is -2.46. The van der Waals surface area contributed by atoms with Gasteiger partial charge in [-0.25, -0.2) is 4.68 Å². The number of amides is 2. The van der Waals surface area contributed by atoms with Crippen molar-refractivity contribution in [2.75, 3.05) is 25.2 Å². The van der Waals surface area contributed by atoms with Crippen molar-refractivity contribution in [3.63, 3.8) is 0 Å². The van der Waals surface area contributed by atoms with Crippen LogP contribution < -0.4 is 10.2 Å². The predicted octanol–water partition coefficient (Wildman–Crippen LogP) is 2.98. The van der Waals surface area contributed by atoms with Crippen LogP contribution in [0.4, 0.5) is 5.69 Å². The van der Waals surface area contributed by atoms with Gasteiger partial charge in [-0.2, -0.15) is 0 Å². The maximum absolute atomic E-state index is 14.0. The summed E-state index contributed by atoms with van der Waals surface area (Å²) < 4.78 is 6.64. The molecule has 0 aliphatic heterocycles. The fourth-order valence-electron chi connectivity index (χ4n) is 3.98. The Balaban J connectivity index is 1.80. The number of nitrogens with zero attached hydrogens (tertiary/aromatic N) is 5. The van der Waals surface area contributed by atoms with Gasteiger partial charge in [-0.3, -0.25) is 19.5 Å². The molecule has 180 valence electrons. The Kier molecular flexibility index (Phi) is 7.47. The van der Waals surface area contributed by atoms with Crippen molar-refractivity contribution in [2.24, 2.45) is 0 Å². The molecule has 1 atom stereocenters. The van der Waals surface area contributed by atoms with Gasteiger partial charge in [0.05, 0.1) is 12.1 Å². The van der Waals surface area contributed by atoms with Gasteiger partial charge in [0, 0.05) is 37.3 Å². The molecule has 2 amide bonds. The van der Waals surface area contributed by atoms with E-state index in [0.29, 0.717) is 29.9 Å². The van der Waals surface area contributed by atoms with Crippen molar-refractivity contribution in [3.8, 4) is 0 Å². The van der Waals surface area contributed by atoms with E-state index in [-0.39, 0.29) is 18.4 Å². The largest absolute Gasteiger partial charge is 0.383 e. The minimum absolute atomic E-state index is 0.0873. The molecule has 0 bridgehead atoms. The van der Waals surface area contributed by atoms with Crippen LogP contribution in [0.15, 0.2) is 67.0 Å². The molecule has 0 aliphatic rings. The summed E-state index contributed by atoms with van der Waals surface area (Å²) in [5.41, 5.74) is 4.60. The number of rotatable bonds is 9. The summed E-state index contributed by atoms with van der Waals surface area (Å²) in [4.78, 5) is 33.3. The average Bonchev–Trinajstić information content (AvgIpc) is 3.27. The molecular formula is C26H28N6O3.